The summed E-state index contributed by atoms with van der Waals surface area (Å²) in [6, 6.07) is 0. The van der Waals surface area contributed by atoms with Crippen LogP contribution in [0.1, 0.15) is 38.5 Å². The molecule has 0 saturated carbocycles. The molecule has 0 aromatic heterocycles. The van der Waals surface area contributed by atoms with Crippen LogP contribution >= 0.6 is 0 Å². The molecule has 14 heteroatoms. The summed E-state index contributed by atoms with van der Waals surface area (Å²) in [4.78, 5) is 64.8. The number of hydrogen-bond donors (Lipinski definition) is 4. The van der Waals surface area contributed by atoms with Gasteiger partial charge in [0.15, 0.2) is 0 Å². The standard InChI is InChI=1S/2C8H15NO4.C4H6O4/c2*1-9(2)5-6-13-8(12)4-3-7(10)11;5-3(6)1-2-4(7)8/h2*3-6H2,1-2H3,(H,10,11);1-2H2,(H,5,6)(H,7,8). The van der Waals surface area contributed by atoms with E-state index in [0.29, 0.717) is 26.3 Å². The Labute approximate surface area is 198 Å². The van der Waals surface area contributed by atoms with Gasteiger partial charge < -0.3 is 39.7 Å². The van der Waals surface area contributed by atoms with Gasteiger partial charge in [0.1, 0.15) is 13.2 Å². The van der Waals surface area contributed by atoms with Crippen molar-refractivity contribution in [1.29, 1.82) is 0 Å². The fraction of sp³-hybridized carbons (Fsp3) is 0.700. The molecule has 0 rings (SSSR count). The molecule has 0 bridgehead atoms. The van der Waals surface area contributed by atoms with Crippen LogP contribution in [0.4, 0.5) is 0 Å². The van der Waals surface area contributed by atoms with Crippen molar-refractivity contribution in [3.63, 3.8) is 0 Å². The largest absolute Gasteiger partial charge is 0.481 e. The minimum absolute atomic E-state index is 0.0528. The van der Waals surface area contributed by atoms with Gasteiger partial charge in [-0.3, -0.25) is 28.8 Å². The molecule has 4 N–H and O–H groups in total. The first-order valence-electron chi connectivity index (χ1n) is 10.1. The average molecular weight is 497 g/mol. The Morgan fingerprint density at radius 3 is 0.941 bits per heavy atom. The Kier molecular flexibility index (Phi) is 23.8. The number of likely N-dealkylation sites (N-methyl/N-ethyl adjacent to an activating group) is 2. The SMILES string of the molecule is CN(C)CCOC(=O)CCC(=O)O.CN(C)CCOC(=O)CCC(=O)O.O=C(O)CCC(=O)O. The molecule has 0 aromatic carbocycles. The lowest BCUT2D eigenvalue weighted by molar-refractivity contribution is -0.148. The molecule has 0 unspecified atom stereocenters. The van der Waals surface area contributed by atoms with E-state index in [1.807, 2.05) is 38.0 Å². The predicted octanol–water partition coefficient (Wildman–Crippen LogP) is -0.152. The molecular weight excluding hydrogens is 460 g/mol. The van der Waals surface area contributed by atoms with Gasteiger partial charge in [-0.2, -0.15) is 0 Å². The van der Waals surface area contributed by atoms with E-state index in [4.69, 9.17) is 29.9 Å². The number of aliphatic carboxylic acids is 4. The summed E-state index contributed by atoms with van der Waals surface area (Å²) in [5, 5.41) is 32.3. The summed E-state index contributed by atoms with van der Waals surface area (Å²) < 4.78 is 9.52. The van der Waals surface area contributed by atoms with E-state index in [1.54, 1.807) is 0 Å². The maximum atomic E-state index is 10.8. The van der Waals surface area contributed by atoms with Crippen molar-refractivity contribution in [2.45, 2.75) is 38.5 Å². The van der Waals surface area contributed by atoms with Gasteiger partial charge in [0, 0.05) is 13.1 Å². The fourth-order valence-electron chi connectivity index (χ4n) is 1.46. The van der Waals surface area contributed by atoms with Crippen molar-refractivity contribution in [1.82, 2.24) is 9.80 Å². The molecule has 0 heterocycles. The van der Waals surface area contributed by atoms with Gasteiger partial charge in [-0.25, -0.2) is 0 Å². The van der Waals surface area contributed by atoms with Crippen LogP contribution in [-0.2, 0) is 38.2 Å². The number of nitrogens with zero attached hydrogens (tertiary/aromatic N) is 2. The maximum absolute atomic E-state index is 10.8. The topological polar surface area (TPSA) is 208 Å². The first-order valence-corrected chi connectivity index (χ1v) is 10.1. The van der Waals surface area contributed by atoms with Crippen molar-refractivity contribution in [3.05, 3.63) is 0 Å². The van der Waals surface area contributed by atoms with Crippen LogP contribution in [0.2, 0.25) is 0 Å². The maximum Gasteiger partial charge on any atom is 0.306 e. The first kappa shape index (κ1) is 35.3. The summed E-state index contributed by atoms with van der Waals surface area (Å²) >= 11 is 0. The Balaban J connectivity index is -0.000000438. The highest BCUT2D eigenvalue weighted by atomic mass is 16.5. The highest BCUT2D eigenvalue weighted by Gasteiger charge is 2.07. The van der Waals surface area contributed by atoms with Crippen LogP contribution in [0.25, 0.3) is 0 Å². The van der Waals surface area contributed by atoms with E-state index < -0.39 is 35.8 Å². The Morgan fingerprint density at radius 1 is 0.500 bits per heavy atom. The fourth-order valence-corrected chi connectivity index (χ4v) is 1.46. The van der Waals surface area contributed by atoms with Gasteiger partial charge >= 0.3 is 35.8 Å². The highest BCUT2D eigenvalue weighted by Crippen LogP contribution is 1.93. The zero-order valence-corrected chi connectivity index (χ0v) is 20.0. The Bertz CT molecular complexity index is 581. The quantitative estimate of drug-likeness (QED) is 0.217. The lowest BCUT2D eigenvalue weighted by atomic mass is 10.3. The minimum Gasteiger partial charge on any atom is -0.481 e. The molecule has 0 aliphatic rings. The van der Waals surface area contributed by atoms with Crippen molar-refractivity contribution in [3.8, 4) is 0 Å². The predicted molar refractivity (Wildman–Crippen MR) is 117 cm³/mol. The van der Waals surface area contributed by atoms with Crippen LogP contribution in [0.3, 0.4) is 0 Å². The number of esters is 2. The monoisotopic (exact) mass is 496 g/mol. The molecule has 198 valence electrons. The van der Waals surface area contributed by atoms with Crippen molar-refractivity contribution < 1.29 is 58.7 Å². The number of carbonyl (C=O) groups excluding carboxylic acids is 2. The lowest BCUT2D eigenvalue weighted by Crippen LogP contribution is -2.20. The first-order chi connectivity index (χ1) is 15.7. The van der Waals surface area contributed by atoms with E-state index in [2.05, 4.69) is 0 Å². The van der Waals surface area contributed by atoms with Crippen molar-refractivity contribution in [2.24, 2.45) is 0 Å². The molecule has 0 spiro atoms. The third-order valence-electron chi connectivity index (χ3n) is 3.24. The average Bonchev–Trinajstić information content (AvgIpc) is 2.69. The van der Waals surface area contributed by atoms with Crippen LogP contribution < -0.4 is 0 Å². The second kappa shape index (κ2) is 22.9. The van der Waals surface area contributed by atoms with Gasteiger partial charge in [0.2, 0.25) is 0 Å². The molecule has 0 saturated heterocycles. The molecule has 0 radical (unpaired) electrons. The molecular formula is C20H36N2O12. The van der Waals surface area contributed by atoms with E-state index in [-0.39, 0.29) is 38.5 Å². The molecule has 0 aliphatic heterocycles. The van der Waals surface area contributed by atoms with Crippen molar-refractivity contribution in [2.75, 3.05) is 54.5 Å². The van der Waals surface area contributed by atoms with Gasteiger partial charge in [-0.05, 0) is 28.2 Å². The van der Waals surface area contributed by atoms with Gasteiger partial charge in [-0.15, -0.1) is 0 Å². The lowest BCUT2D eigenvalue weighted by Gasteiger charge is -2.09. The number of rotatable bonds is 15. The third kappa shape index (κ3) is 39.2. The number of hydrogen-bond acceptors (Lipinski definition) is 10. The normalized spacial score (nSPS) is 9.71. The zero-order chi connectivity index (χ0) is 27.1. The van der Waals surface area contributed by atoms with E-state index in [0.717, 1.165) is 0 Å². The number of carbonyl (C=O) groups is 6. The van der Waals surface area contributed by atoms with Crippen LogP contribution in [0.5, 0.6) is 0 Å². The highest BCUT2D eigenvalue weighted by molar-refractivity contribution is 5.77. The second-order valence-electron chi connectivity index (χ2n) is 7.12. The van der Waals surface area contributed by atoms with Gasteiger partial charge in [0.05, 0.1) is 38.5 Å². The third-order valence-corrected chi connectivity index (χ3v) is 3.24. The van der Waals surface area contributed by atoms with Crippen LogP contribution in [-0.4, -0.2) is 121 Å². The summed E-state index contributed by atoms with van der Waals surface area (Å²) in [5.41, 5.74) is 0. The smallest absolute Gasteiger partial charge is 0.306 e. The number of carboxylic acids is 4. The van der Waals surface area contributed by atoms with Crippen LogP contribution in [0.15, 0.2) is 0 Å². The Hall–Kier alpha value is -3.26. The molecule has 0 aliphatic carbocycles. The van der Waals surface area contributed by atoms with Crippen LogP contribution in [0, 0.1) is 0 Å². The number of carboxylic acid groups (broad SMARTS) is 4. The van der Waals surface area contributed by atoms with Gasteiger partial charge in [0.25, 0.3) is 0 Å². The molecule has 34 heavy (non-hydrogen) atoms. The second-order valence-corrected chi connectivity index (χ2v) is 7.12. The molecule has 0 atom stereocenters. The number of ether oxygens (including phenoxy) is 2. The summed E-state index contributed by atoms with van der Waals surface area (Å²) in [7, 11) is 7.46. The molecule has 14 nitrogen and oxygen atoms in total. The summed E-state index contributed by atoms with van der Waals surface area (Å²) in [6.07, 6.45) is -1.03. The van der Waals surface area contributed by atoms with Gasteiger partial charge in [-0.1, -0.05) is 0 Å². The van der Waals surface area contributed by atoms with E-state index >= 15 is 0 Å². The molecule has 0 fully saturated rings. The summed E-state index contributed by atoms with van der Waals surface area (Å²) in [5.74, 6) is -5.03. The Morgan fingerprint density at radius 2 is 0.735 bits per heavy atom. The molecule has 0 amide bonds. The van der Waals surface area contributed by atoms with E-state index in [9.17, 15) is 28.8 Å². The summed E-state index contributed by atoms with van der Waals surface area (Å²) in [6.45, 7) is 1.93. The minimum atomic E-state index is -1.08. The zero-order valence-electron chi connectivity index (χ0n) is 20.0. The molecule has 0 aromatic rings. The van der Waals surface area contributed by atoms with E-state index in [1.165, 1.54) is 0 Å². The van der Waals surface area contributed by atoms with Crippen molar-refractivity contribution >= 4 is 35.8 Å².